The zero-order valence-electron chi connectivity index (χ0n) is 23.3. The maximum Gasteiger partial charge on any atom is 0.303 e. The molecule has 2 aromatic heterocycles. The second-order valence-corrected chi connectivity index (χ2v) is 8.89. The Morgan fingerprint density at radius 1 is 0.780 bits per heavy atom. The molecule has 0 bridgehead atoms. The van der Waals surface area contributed by atoms with Crippen LogP contribution in [-0.2, 0) is 54.2 Å². The van der Waals surface area contributed by atoms with Gasteiger partial charge in [-0.2, -0.15) is 0 Å². The van der Waals surface area contributed by atoms with Crippen molar-refractivity contribution in [2.24, 2.45) is 0 Å². The molecule has 4 atom stereocenters. The fourth-order valence-electron chi connectivity index (χ4n) is 4.34. The normalized spacial score (nSPS) is 14.0. The molecule has 3 aromatic rings. The van der Waals surface area contributed by atoms with Gasteiger partial charge in [-0.1, -0.05) is 12.1 Å². The summed E-state index contributed by atoms with van der Waals surface area (Å²) in [4.78, 5) is 73.7. The molecule has 3 rings (SSSR count). The third-order valence-corrected chi connectivity index (χ3v) is 5.76. The molecule has 2 heterocycles. The predicted molar refractivity (Wildman–Crippen MR) is 138 cm³/mol. The first-order valence-corrected chi connectivity index (χ1v) is 12.5. The third-order valence-electron chi connectivity index (χ3n) is 5.76. The smallest absolute Gasteiger partial charge is 0.303 e. The minimum atomic E-state index is -1.70. The Labute approximate surface area is 233 Å². The summed E-state index contributed by atoms with van der Waals surface area (Å²) in [6.45, 7) is 6.71. The van der Waals surface area contributed by atoms with E-state index in [2.05, 4.69) is 10.2 Å². The summed E-state index contributed by atoms with van der Waals surface area (Å²) in [5.74, 6) is -4.21. The number of hydrogen-bond donors (Lipinski definition) is 0. The van der Waals surface area contributed by atoms with E-state index in [1.807, 2.05) is 0 Å². The first kappa shape index (κ1) is 30.7. The number of nitrogens with zero attached hydrogens (tertiary/aromatic N) is 4. The summed E-state index contributed by atoms with van der Waals surface area (Å²) >= 11 is 0. The van der Waals surface area contributed by atoms with Crippen LogP contribution in [0.5, 0.6) is 0 Å². The van der Waals surface area contributed by atoms with Crippen molar-refractivity contribution in [2.45, 2.75) is 72.5 Å². The monoisotopic (exact) mass is 574 g/mol. The number of carbonyl (C=O) groups excluding carboxylic acids is 5. The van der Waals surface area contributed by atoms with Crippen molar-refractivity contribution in [1.29, 1.82) is 0 Å². The van der Waals surface area contributed by atoms with Gasteiger partial charge in [-0.25, -0.2) is 0 Å². The third kappa shape index (κ3) is 7.04. The van der Waals surface area contributed by atoms with Crippen molar-refractivity contribution in [3.8, 4) is 0 Å². The standard InChI is InChI=1S/C26H30N4O11/c1-7-29-25(36)18-10-8-9-11-19(18)30-24(27-28-26(29)30)23(41-17(6)35)22(40-16(5)34)21(39-15(4)33)20(38-14(3)32)12-37-13(2)31/h8-11,20-23H,7,12H2,1-6H3/t20-,21+,22+,23-/m1/s1. The number of fused-ring (bicyclic) bond motifs is 3. The van der Waals surface area contributed by atoms with Crippen LogP contribution < -0.4 is 5.56 Å². The summed E-state index contributed by atoms with van der Waals surface area (Å²) in [5.41, 5.74) is 0.000581. The van der Waals surface area contributed by atoms with Crippen LogP contribution in [0, 0.1) is 0 Å². The van der Waals surface area contributed by atoms with Crippen LogP contribution in [-0.4, -0.2) is 73.9 Å². The van der Waals surface area contributed by atoms with E-state index in [9.17, 15) is 28.8 Å². The Balaban J connectivity index is 2.35. The quantitative estimate of drug-likeness (QED) is 0.234. The molecular weight excluding hydrogens is 544 g/mol. The molecule has 220 valence electrons. The second kappa shape index (κ2) is 13.0. The lowest BCUT2D eigenvalue weighted by Gasteiger charge is -2.34. The van der Waals surface area contributed by atoms with Crippen LogP contribution in [0.25, 0.3) is 16.7 Å². The molecule has 0 radical (unpaired) electrons. The second-order valence-electron chi connectivity index (χ2n) is 8.89. The van der Waals surface area contributed by atoms with Gasteiger partial charge in [0.25, 0.3) is 5.56 Å². The van der Waals surface area contributed by atoms with E-state index in [0.717, 1.165) is 34.6 Å². The van der Waals surface area contributed by atoms with Crippen LogP contribution in [0.3, 0.4) is 0 Å². The summed E-state index contributed by atoms with van der Waals surface area (Å²) in [6.07, 6.45) is -6.50. The molecule has 1 aromatic carbocycles. The van der Waals surface area contributed by atoms with Crippen molar-refractivity contribution >= 4 is 46.5 Å². The van der Waals surface area contributed by atoms with Crippen LogP contribution in [0.1, 0.15) is 53.5 Å². The van der Waals surface area contributed by atoms with Crippen molar-refractivity contribution in [2.75, 3.05) is 6.61 Å². The predicted octanol–water partition coefficient (Wildman–Crippen LogP) is 1.03. The minimum Gasteiger partial charge on any atom is -0.462 e. The Kier molecular flexibility index (Phi) is 9.76. The van der Waals surface area contributed by atoms with Gasteiger partial charge in [0.1, 0.15) is 6.61 Å². The molecule has 0 unspecified atom stereocenters. The van der Waals surface area contributed by atoms with Gasteiger partial charge in [-0.15, -0.1) is 10.2 Å². The van der Waals surface area contributed by atoms with Gasteiger partial charge >= 0.3 is 29.8 Å². The average molecular weight is 575 g/mol. The molecule has 0 amide bonds. The number of hydrogen-bond acceptors (Lipinski definition) is 13. The van der Waals surface area contributed by atoms with Crippen molar-refractivity contribution in [1.82, 2.24) is 19.2 Å². The van der Waals surface area contributed by atoms with Crippen LogP contribution in [0.15, 0.2) is 29.1 Å². The van der Waals surface area contributed by atoms with E-state index in [0.29, 0.717) is 5.52 Å². The molecule has 0 spiro atoms. The van der Waals surface area contributed by atoms with Gasteiger partial charge in [0.15, 0.2) is 24.1 Å². The zero-order chi connectivity index (χ0) is 30.4. The lowest BCUT2D eigenvalue weighted by molar-refractivity contribution is -0.204. The summed E-state index contributed by atoms with van der Waals surface area (Å²) < 4.78 is 29.7. The maximum atomic E-state index is 13.1. The Hall–Kier alpha value is -4.82. The van der Waals surface area contributed by atoms with Gasteiger partial charge in [0.2, 0.25) is 11.9 Å². The van der Waals surface area contributed by atoms with Crippen molar-refractivity contribution < 1.29 is 47.7 Å². The highest BCUT2D eigenvalue weighted by Crippen LogP contribution is 2.31. The van der Waals surface area contributed by atoms with E-state index < -0.39 is 60.9 Å². The van der Waals surface area contributed by atoms with E-state index in [4.69, 9.17) is 23.7 Å². The number of benzene rings is 1. The van der Waals surface area contributed by atoms with E-state index in [1.165, 1.54) is 8.97 Å². The Morgan fingerprint density at radius 2 is 1.37 bits per heavy atom. The zero-order valence-corrected chi connectivity index (χ0v) is 23.3. The number of aryl methyl sites for hydroxylation is 1. The number of aromatic nitrogens is 4. The van der Waals surface area contributed by atoms with Gasteiger partial charge in [0, 0.05) is 41.2 Å². The molecule has 15 heteroatoms. The molecule has 0 aliphatic carbocycles. The molecule has 0 saturated carbocycles. The van der Waals surface area contributed by atoms with Gasteiger partial charge < -0.3 is 23.7 Å². The molecule has 41 heavy (non-hydrogen) atoms. The molecule has 0 saturated heterocycles. The van der Waals surface area contributed by atoms with Gasteiger partial charge in [-0.05, 0) is 19.1 Å². The topological polar surface area (TPSA) is 184 Å². The van der Waals surface area contributed by atoms with Crippen molar-refractivity contribution in [3.63, 3.8) is 0 Å². The number of rotatable bonds is 11. The van der Waals surface area contributed by atoms with Gasteiger partial charge in [0.05, 0.1) is 10.9 Å². The molecule has 15 nitrogen and oxygen atoms in total. The minimum absolute atomic E-state index is 0.0883. The highest BCUT2D eigenvalue weighted by atomic mass is 16.6. The fraction of sp³-hybridized carbons (Fsp3) is 0.462. The largest absolute Gasteiger partial charge is 0.462 e. The Bertz CT molecular complexity index is 1540. The lowest BCUT2D eigenvalue weighted by atomic mass is 10.0. The van der Waals surface area contributed by atoms with E-state index >= 15 is 0 Å². The highest BCUT2D eigenvalue weighted by Gasteiger charge is 2.46. The van der Waals surface area contributed by atoms with Crippen LogP contribution >= 0.6 is 0 Å². The highest BCUT2D eigenvalue weighted by molar-refractivity contribution is 5.80. The molecular formula is C26H30N4O11. The molecule has 0 aliphatic heterocycles. The van der Waals surface area contributed by atoms with Crippen LogP contribution in [0.4, 0.5) is 0 Å². The summed E-state index contributed by atoms with van der Waals surface area (Å²) in [7, 11) is 0. The molecule has 0 aliphatic rings. The van der Waals surface area contributed by atoms with Crippen molar-refractivity contribution in [3.05, 3.63) is 40.4 Å². The first-order valence-electron chi connectivity index (χ1n) is 12.5. The Morgan fingerprint density at radius 3 is 1.93 bits per heavy atom. The lowest BCUT2D eigenvalue weighted by Crippen LogP contribution is -2.50. The molecule has 0 N–H and O–H groups in total. The summed E-state index contributed by atoms with van der Waals surface area (Å²) in [6, 6.07) is 6.55. The maximum absolute atomic E-state index is 13.1. The number of esters is 5. The first-order chi connectivity index (χ1) is 19.3. The SMILES string of the molecule is CCn1c(=O)c2ccccc2n2c([C@H](OC(C)=O)[C@@H](OC(C)=O)[C@@H](OC(C)=O)[C@@H](COC(C)=O)OC(C)=O)nnc12. The number of ether oxygens (including phenoxy) is 5. The average Bonchev–Trinajstić information content (AvgIpc) is 3.32. The fourth-order valence-corrected chi connectivity index (χ4v) is 4.34. The van der Waals surface area contributed by atoms with E-state index in [1.54, 1.807) is 31.2 Å². The van der Waals surface area contributed by atoms with Gasteiger partial charge in [-0.3, -0.25) is 37.7 Å². The number of carbonyl (C=O) groups is 5. The number of para-hydroxylation sites is 1. The summed E-state index contributed by atoms with van der Waals surface area (Å²) in [5, 5.41) is 8.62. The van der Waals surface area contributed by atoms with E-state index in [-0.39, 0.29) is 29.1 Å². The molecule has 0 fully saturated rings. The van der Waals surface area contributed by atoms with Crippen LogP contribution in [0.2, 0.25) is 0 Å².